The second-order valence-corrected chi connectivity index (χ2v) is 4.62. The van der Waals surface area contributed by atoms with Crippen LogP contribution < -0.4 is 0 Å². The Kier molecular flexibility index (Phi) is 3.09. The van der Waals surface area contributed by atoms with E-state index in [4.69, 9.17) is 4.74 Å². The topological polar surface area (TPSA) is 29.5 Å². The van der Waals surface area contributed by atoms with Gasteiger partial charge in [0.2, 0.25) is 0 Å². The number of ether oxygens (including phenoxy) is 1. The maximum atomic E-state index is 13.1. The van der Waals surface area contributed by atoms with Gasteiger partial charge in [-0.2, -0.15) is 0 Å². The lowest BCUT2D eigenvalue weighted by atomic mass is 9.86. The Morgan fingerprint density at radius 2 is 2.00 bits per heavy atom. The first-order chi connectivity index (χ1) is 7.12. The molecule has 0 aliphatic carbocycles. The quantitative estimate of drug-likeness (QED) is 0.853. The normalized spacial score (nSPS) is 20.2. The summed E-state index contributed by atoms with van der Waals surface area (Å²) in [6.07, 6.45) is 1.02. The second-order valence-electron chi connectivity index (χ2n) is 3.77. The molecular weight excluding hydrogens is 263 g/mol. The summed E-state index contributed by atoms with van der Waals surface area (Å²) in [5.74, 6) is -0.326. The first-order valence-electron chi connectivity index (χ1n) is 4.87. The van der Waals surface area contributed by atoms with E-state index < -0.39 is 5.60 Å². The van der Waals surface area contributed by atoms with Crippen molar-refractivity contribution in [1.82, 2.24) is 0 Å². The van der Waals surface area contributed by atoms with Crippen LogP contribution in [0, 0.1) is 5.82 Å². The fraction of sp³-hybridized carbons (Fsp3) is 0.455. The maximum absolute atomic E-state index is 13.1. The predicted octanol–water partition coefficient (Wildman–Crippen LogP) is 2.59. The van der Waals surface area contributed by atoms with E-state index in [0.717, 1.165) is 4.47 Å². The van der Waals surface area contributed by atoms with Crippen LogP contribution in [0.3, 0.4) is 0 Å². The number of aliphatic hydroxyl groups is 1. The molecule has 1 aliphatic rings. The summed E-state index contributed by atoms with van der Waals surface area (Å²) in [7, 11) is 0. The summed E-state index contributed by atoms with van der Waals surface area (Å²) < 4.78 is 19.0. The van der Waals surface area contributed by atoms with Gasteiger partial charge in [-0.15, -0.1) is 0 Å². The van der Waals surface area contributed by atoms with Crippen molar-refractivity contribution in [1.29, 1.82) is 0 Å². The molecule has 1 aromatic rings. The van der Waals surface area contributed by atoms with Crippen molar-refractivity contribution in [2.24, 2.45) is 0 Å². The van der Waals surface area contributed by atoms with Crippen LogP contribution in [0.1, 0.15) is 18.4 Å². The summed E-state index contributed by atoms with van der Waals surface area (Å²) in [6, 6.07) is 4.38. The lowest BCUT2D eigenvalue weighted by Gasteiger charge is -2.33. The monoisotopic (exact) mass is 274 g/mol. The van der Waals surface area contributed by atoms with Gasteiger partial charge in [0, 0.05) is 36.1 Å². The van der Waals surface area contributed by atoms with E-state index in [0.29, 0.717) is 31.6 Å². The fourth-order valence-electron chi connectivity index (χ4n) is 1.83. The molecule has 0 bridgehead atoms. The Morgan fingerprint density at radius 1 is 1.33 bits per heavy atom. The molecule has 2 rings (SSSR count). The van der Waals surface area contributed by atoms with Gasteiger partial charge in [0.25, 0.3) is 0 Å². The van der Waals surface area contributed by atoms with Crippen LogP contribution in [-0.2, 0) is 10.3 Å². The molecule has 2 nitrogen and oxygen atoms in total. The van der Waals surface area contributed by atoms with Crippen molar-refractivity contribution in [3.05, 3.63) is 34.1 Å². The molecule has 0 aromatic heterocycles. The summed E-state index contributed by atoms with van der Waals surface area (Å²) in [5.41, 5.74) is -0.343. The second kappa shape index (κ2) is 4.20. The number of rotatable bonds is 1. The van der Waals surface area contributed by atoms with E-state index in [-0.39, 0.29) is 5.82 Å². The zero-order chi connectivity index (χ0) is 10.9. The van der Waals surface area contributed by atoms with Crippen LogP contribution in [-0.4, -0.2) is 18.3 Å². The highest BCUT2D eigenvalue weighted by atomic mass is 79.9. The van der Waals surface area contributed by atoms with Gasteiger partial charge < -0.3 is 9.84 Å². The lowest BCUT2D eigenvalue weighted by Crippen LogP contribution is -2.33. The van der Waals surface area contributed by atoms with Crippen molar-refractivity contribution in [3.63, 3.8) is 0 Å². The zero-order valence-electron chi connectivity index (χ0n) is 8.17. The Balaban J connectivity index is 2.38. The molecule has 0 saturated carbocycles. The van der Waals surface area contributed by atoms with Crippen LogP contribution in [0.5, 0.6) is 0 Å². The number of benzene rings is 1. The van der Waals surface area contributed by atoms with E-state index in [1.54, 1.807) is 6.07 Å². The van der Waals surface area contributed by atoms with Crippen molar-refractivity contribution < 1.29 is 14.2 Å². The summed E-state index contributed by atoms with van der Waals surface area (Å²) >= 11 is 3.33. The minimum absolute atomic E-state index is 0.326. The summed E-state index contributed by atoms with van der Waals surface area (Å²) in [5, 5.41) is 10.4. The van der Waals surface area contributed by atoms with E-state index in [9.17, 15) is 9.50 Å². The molecule has 1 N–H and O–H groups in total. The largest absolute Gasteiger partial charge is 0.385 e. The number of hydrogen-bond donors (Lipinski definition) is 1. The third-order valence-corrected chi connectivity index (χ3v) is 3.44. The fourth-order valence-corrected chi connectivity index (χ4v) is 2.45. The average Bonchev–Trinajstić information content (AvgIpc) is 2.23. The lowest BCUT2D eigenvalue weighted by molar-refractivity contribution is -0.0685. The molecule has 1 aliphatic heterocycles. The SMILES string of the molecule is OC1(c2cc(F)ccc2Br)CCOCC1. The molecule has 1 aromatic carbocycles. The predicted molar refractivity (Wildman–Crippen MR) is 58.0 cm³/mol. The minimum atomic E-state index is -0.959. The molecule has 4 heteroatoms. The van der Waals surface area contributed by atoms with Crippen molar-refractivity contribution >= 4 is 15.9 Å². The molecular formula is C11H12BrFO2. The molecule has 0 atom stereocenters. The van der Waals surface area contributed by atoms with Crippen LogP contribution in [0.15, 0.2) is 22.7 Å². The molecule has 15 heavy (non-hydrogen) atoms. The Hall–Kier alpha value is -0.450. The maximum Gasteiger partial charge on any atom is 0.123 e. The smallest absolute Gasteiger partial charge is 0.123 e. The molecule has 1 heterocycles. The summed E-state index contributed by atoms with van der Waals surface area (Å²) in [4.78, 5) is 0. The van der Waals surface area contributed by atoms with Crippen molar-refractivity contribution in [3.8, 4) is 0 Å². The first-order valence-corrected chi connectivity index (χ1v) is 5.67. The molecule has 0 spiro atoms. The van der Waals surface area contributed by atoms with Gasteiger partial charge in [0.15, 0.2) is 0 Å². The average molecular weight is 275 g/mol. The molecule has 0 unspecified atom stereocenters. The van der Waals surface area contributed by atoms with Gasteiger partial charge in [0.1, 0.15) is 5.82 Å². The van der Waals surface area contributed by atoms with Crippen molar-refractivity contribution in [2.45, 2.75) is 18.4 Å². The molecule has 0 radical (unpaired) electrons. The Labute approximate surface area is 96.2 Å². The Morgan fingerprint density at radius 3 is 2.67 bits per heavy atom. The zero-order valence-corrected chi connectivity index (χ0v) is 9.76. The van der Waals surface area contributed by atoms with Gasteiger partial charge in [-0.25, -0.2) is 4.39 Å². The van der Waals surface area contributed by atoms with Crippen LogP contribution in [0.25, 0.3) is 0 Å². The van der Waals surface area contributed by atoms with Gasteiger partial charge in [-0.05, 0) is 18.2 Å². The van der Waals surface area contributed by atoms with Crippen LogP contribution >= 0.6 is 15.9 Å². The summed E-state index contributed by atoms with van der Waals surface area (Å²) in [6.45, 7) is 1.03. The first kappa shape index (κ1) is 11.0. The van der Waals surface area contributed by atoms with Crippen LogP contribution in [0.4, 0.5) is 4.39 Å². The number of hydrogen-bond acceptors (Lipinski definition) is 2. The van der Waals surface area contributed by atoms with E-state index >= 15 is 0 Å². The van der Waals surface area contributed by atoms with Crippen LogP contribution in [0.2, 0.25) is 0 Å². The van der Waals surface area contributed by atoms with Gasteiger partial charge in [-0.1, -0.05) is 15.9 Å². The van der Waals surface area contributed by atoms with E-state index in [2.05, 4.69) is 15.9 Å². The van der Waals surface area contributed by atoms with Gasteiger partial charge >= 0.3 is 0 Å². The van der Waals surface area contributed by atoms with Gasteiger partial charge in [0.05, 0.1) is 5.60 Å². The highest BCUT2D eigenvalue weighted by molar-refractivity contribution is 9.10. The minimum Gasteiger partial charge on any atom is -0.385 e. The van der Waals surface area contributed by atoms with Gasteiger partial charge in [-0.3, -0.25) is 0 Å². The highest BCUT2D eigenvalue weighted by Gasteiger charge is 2.33. The molecule has 1 saturated heterocycles. The third-order valence-electron chi connectivity index (χ3n) is 2.75. The molecule has 0 amide bonds. The molecule has 82 valence electrons. The Bertz CT molecular complexity index is 362. The van der Waals surface area contributed by atoms with E-state index in [1.807, 2.05) is 0 Å². The standard InChI is InChI=1S/C11H12BrFO2/c12-10-2-1-8(13)7-9(10)11(14)3-5-15-6-4-11/h1-2,7,14H,3-6H2. The van der Waals surface area contributed by atoms with Crippen molar-refractivity contribution in [2.75, 3.05) is 13.2 Å². The highest BCUT2D eigenvalue weighted by Crippen LogP contribution is 2.36. The molecule has 1 fully saturated rings. The van der Waals surface area contributed by atoms with E-state index in [1.165, 1.54) is 12.1 Å². The number of halogens is 2. The third kappa shape index (κ3) is 2.22.